The van der Waals surface area contributed by atoms with Gasteiger partial charge >= 0.3 is 5.69 Å². The summed E-state index contributed by atoms with van der Waals surface area (Å²) in [5, 5.41) is 11.2. The molecule has 8 nitrogen and oxygen atoms in total. The molecule has 0 N–H and O–H groups in total. The summed E-state index contributed by atoms with van der Waals surface area (Å²) in [6, 6.07) is 13.0. The summed E-state index contributed by atoms with van der Waals surface area (Å²) in [6.07, 6.45) is 0. The molecule has 1 aliphatic rings. The van der Waals surface area contributed by atoms with Crippen LogP contribution in [-0.2, 0) is 21.8 Å². The number of nitro groups is 1. The zero-order valence-electron chi connectivity index (χ0n) is 17.8. The van der Waals surface area contributed by atoms with E-state index in [0.29, 0.717) is 31.3 Å². The fraction of sp³-hybridized carbons (Fsp3) is 0.409. The van der Waals surface area contributed by atoms with Crippen LogP contribution < -0.4 is 9.64 Å². The van der Waals surface area contributed by atoms with Gasteiger partial charge in [-0.05, 0) is 23.3 Å². The smallest absolute Gasteiger partial charge is 0.311 e. The molecule has 0 bridgehead atoms. The normalized spacial score (nSPS) is 13.7. The number of morpholine rings is 1. The van der Waals surface area contributed by atoms with E-state index in [-0.39, 0.29) is 17.3 Å². The van der Waals surface area contributed by atoms with Crippen LogP contribution in [0.4, 0.5) is 11.4 Å². The fourth-order valence-corrected chi connectivity index (χ4v) is 4.35. The second-order valence-electron chi connectivity index (χ2n) is 7.23. The molecule has 3 rings (SSSR count). The van der Waals surface area contributed by atoms with Crippen LogP contribution in [-0.4, -0.2) is 61.9 Å². The van der Waals surface area contributed by atoms with Gasteiger partial charge < -0.3 is 19.3 Å². The Balaban J connectivity index is 1.55. The molecule has 9 heteroatoms. The number of ether oxygens (including phenoxy) is 2. The van der Waals surface area contributed by atoms with Gasteiger partial charge in [0.1, 0.15) is 0 Å². The quantitative estimate of drug-likeness (QED) is 0.432. The number of nitro benzene ring substituents is 1. The minimum Gasteiger partial charge on any atom is -0.490 e. The molecule has 1 saturated heterocycles. The van der Waals surface area contributed by atoms with E-state index in [1.165, 1.54) is 24.9 Å². The summed E-state index contributed by atoms with van der Waals surface area (Å²) in [5.74, 6) is 1.06. The minimum atomic E-state index is -0.460. The third kappa shape index (κ3) is 6.11. The van der Waals surface area contributed by atoms with Crippen molar-refractivity contribution < 1.29 is 19.2 Å². The first-order valence-corrected chi connectivity index (χ1v) is 11.2. The predicted molar refractivity (Wildman–Crippen MR) is 122 cm³/mol. The van der Waals surface area contributed by atoms with Gasteiger partial charge in [0.15, 0.2) is 5.75 Å². The standard InChI is InChI=1S/C22H27N3O5S/c1-23(14-18-5-3-4-6-19(18)24-9-11-30-12-10-24)22(26)16-31-15-17-7-8-21(29-2)20(13-17)25(27)28/h3-8,13H,9-12,14-16H2,1-2H3. The largest absolute Gasteiger partial charge is 0.490 e. The van der Waals surface area contributed by atoms with Crippen LogP contribution in [0, 0.1) is 10.1 Å². The Bertz CT molecular complexity index is 918. The van der Waals surface area contributed by atoms with Crippen LogP contribution in [0.25, 0.3) is 0 Å². The lowest BCUT2D eigenvalue weighted by molar-refractivity contribution is -0.385. The third-order valence-electron chi connectivity index (χ3n) is 5.11. The lowest BCUT2D eigenvalue weighted by Gasteiger charge is -2.31. The summed E-state index contributed by atoms with van der Waals surface area (Å²) in [6.45, 7) is 3.64. The van der Waals surface area contributed by atoms with E-state index >= 15 is 0 Å². The number of para-hydroxylation sites is 1. The Morgan fingerprint density at radius 1 is 1.26 bits per heavy atom. The van der Waals surface area contributed by atoms with Gasteiger partial charge in [-0.3, -0.25) is 14.9 Å². The number of methoxy groups -OCH3 is 1. The highest BCUT2D eigenvalue weighted by Gasteiger charge is 2.18. The maximum absolute atomic E-state index is 12.6. The number of carbonyl (C=O) groups is 1. The Morgan fingerprint density at radius 2 is 2.00 bits per heavy atom. The Morgan fingerprint density at radius 3 is 2.71 bits per heavy atom. The summed E-state index contributed by atoms with van der Waals surface area (Å²) < 4.78 is 10.5. The van der Waals surface area contributed by atoms with Gasteiger partial charge in [-0.25, -0.2) is 0 Å². The van der Waals surface area contributed by atoms with Crippen molar-refractivity contribution in [1.82, 2.24) is 4.90 Å². The van der Waals surface area contributed by atoms with E-state index in [9.17, 15) is 14.9 Å². The van der Waals surface area contributed by atoms with Crippen LogP contribution >= 0.6 is 11.8 Å². The lowest BCUT2D eigenvalue weighted by atomic mass is 10.1. The molecule has 0 aliphatic carbocycles. The van der Waals surface area contributed by atoms with Crippen molar-refractivity contribution in [2.45, 2.75) is 12.3 Å². The highest BCUT2D eigenvalue weighted by atomic mass is 32.2. The SMILES string of the molecule is COc1ccc(CSCC(=O)N(C)Cc2ccccc2N2CCOCC2)cc1[N+](=O)[O-]. The maximum atomic E-state index is 12.6. The molecule has 166 valence electrons. The molecular weight excluding hydrogens is 418 g/mol. The third-order valence-corrected chi connectivity index (χ3v) is 6.10. The molecule has 0 unspecified atom stereocenters. The first kappa shape index (κ1) is 22.9. The molecule has 2 aromatic carbocycles. The molecule has 2 aromatic rings. The summed E-state index contributed by atoms with van der Waals surface area (Å²) in [7, 11) is 3.21. The topological polar surface area (TPSA) is 85.2 Å². The molecule has 1 aliphatic heterocycles. The average Bonchev–Trinajstić information content (AvgIpc) is 2.79. The maximum Gasteiger partial charge on any atom is 0.311 e. The van der Waals surface area contributed by atoms with Crippen molar-refractivity contribution >= 4 is 29.0 Å². The Hall–Kier alpha value is -2.78. The molecule has 1 amide bonds. The molecule has 1 fully saturated rings. The van der Waals surface area contributed by atoms with Crippen LogP contribution in [0.5, 0.6) is 5.75 Å². The Kier molecular flexibility index (Phi) is 8.13. The molecule has 1 heterocycles. The number of carbonyl (C=O) groups excluding carboxylic acids is 1. The number of nitrogens with zero attached hydrogens (tertiary/aromatic N) is 3. The fourth-order valence-electron chi connectivity index (χ4n) is 3.44. The summed E-state index contributed by atoms with van der Waals surface area (Å²) in [4.78, 5) is 27.4. The van der Waals surface area contributed by atoms with Gasteiger partial charge in [0.05, 0.1) is 31.0 Å². The van der Waals surface area contributed by atoms with Crippen molar-refractivity contribution in [2.24, 2.45) is 0 Å². The van der Waals surface area contributed by atoms with Crippen molar-refractivity contribution in [1.29, 1.82) is 0 Å². The number of rotatable bonds is 9. The monoisotopic (exact) mass is 445 g/mol. The molecule has 0 atom stereocenters. The highest BCUT2D eigenvalue weighted by Crippen LogP contribution is 2.29. The van der Waals surface area contributed by atoms with E-state index in [4.69, 9.17) is 9.47 Å². The Labute approximate surface area is 186 Å². The zero-order valence-corrected chi connectivity index (χ0v) is 18.6. The molecule has 31 heavy (non-hydrogen) atoms. The summed E-state index contributed by atoms with van der Waals surface area (Å²) in [5.41, 5.74) is 2.97. The van der Waals surface area contributed by atoms with Crippen molar-refractivity contribution in [3.05, 3.63) is 63.7 Å². The molecule has 0 radical (unpaired) electrons. The number of anilines is 1. The van der Waals surface area contributed by atoms with Crippen molar-refractivity contribution in [3.8, 4) is 5.75 Å². The number of amides is 1. The van der Waals surface area contributed by atoms with E-state index in [1.807, 2.05) is 12.1 Å². The first-order valence-electron chi connectivity index (χ1n) is 10.0. The summed E-state index contributed by atoms with van der Waals surface area (Å²) >= 11 is 1.44. The van der Waals surface area contributed by atoms with Gasteiger partial charge in [-0.1, -0.05) is 24.3 Å². The van der Waals surface area contributed by atoms with Gasteiger partial charge in [0.2, 0.25) is 5.91 Å². The first-order chi connectivity index (χ1) is 15.0. The van der Waals surface area contributed by atoms with Gasteiger partial charge in [-0.2, -0.15) is 0 Å². The number of hydrogen-bond acceptors (Lipinski definition) is 7. The minimum absolute atomic E-state index is 0.0183. The van der Waals surface area contributed by atoms with Crippen LogP contribution in [0.2, 0.25) is 0 Å². The van der Waals surface area contributed by atoms with E-state index < -0.39 is 4.92 Å². The van der Waals surface area contributed by atoms with Crippen LogP contribution in [0.1, 0.15) is 11.1 Å². The van der Waals surface area contributed by atoms with Gasteiger partial charge in [0, 0.05) is 44.2 Å². The van der Waals surface area contributed by atoms with Crippen LogP contribution in [0.3, 0.4) is 0 Å². The number of thioether (sulfide) groups is 1. The van der Waals surface area contributed by atoms with Crippen molar-refractivity contribution in [3.63, 3.8) is 0 Å². The lowest BCUT2D eigenvalue weighted by Crippen LogP contribution is -2.37. The second kappa shape index (κ2) is 11.0. The molecular formula is C22H27N3O5S. The number of hydrogen-bond donors (Lipinski definition) is 0. The van der Waals surface area contributed by atoms with Crippen molar-refractivity contribution in [2.75, 3.05) is 51.1 Å². The predicted octanol–water partition coefficient (Wildman–Crippen LogP) is 3.33. The average molecular weight is 446 g/mol. The molecule has 0 aromatic heterocycles. The van der Waals surface area contributed by atoms with Gasteiger partial charge in [-0.15, -0.1) is 11.8 Å². The second-order valence-corrected chi connectivity index (χ2v) is 8.22. The number of benzene rings is 2. The van der Waals surface area contributed by atoms with Crippen LogP contribution in [0.15, 0.2) is 42.5 Å². The van der Waals surface area contributed by atoms with E-state index in [2.05, 4.69) is 17.0 Å². The zero-order chi connectivity index (χ0) is 22.2. The van der Waals surface area contributed by atoms with Gasteiger partial charge in [0.25, 0.3) is 0 Å². The van der Waals surface area contributed by atoms with E-state index in [1.54, 1.807) is 24.1 Å². The highest BCUT2D eigenvalue weighted by molar-refractivity contribution is 7.99. The molecule has 0 spiro atoms. The van der Waals surface area contributed by atoms with E-state index in [0.717, 1.165) is 29.9 Å². The molecule has 0 saturated carbocycles.